The van der Waals surface area contributed by atoms with Crippen LogP contribution in [0.5, 0.6) is 0 Å². The van der Waals surface area contributed by atoms with Crippen molar-refractivity contribution < 1.29 is 60.0 Å². The molecule has 0 aromatic heterocycles. The van der Waals surface area contributed by atoms with Gasteiger partial charge in [0.1, 0.15) is 5.82 Å². The number of alkyl halides is 6. The van der Waals surface area contributed by atoms with E-state index in [4.69, 9.17) is 29.3 Å². The Bertz CT molecular complexity index is 852. The zero-order valence-electron chi connectivity index (χ0n) is 19.5. The molecule has 1 aromatic rings. The molecule has 3 fully saturated rings. The van der Waals surface area contributed by atoms with Gasteiger partial charge in [0, 0.05) is 45.4 Å². The highest BCUT2D eigenvalue weighted by molar-refractivity contribution is 5.73. The quantitative estimate of drug-likeness (QED) is 0.554. The van der Waals surface area contributed by atoms with Gasteiger partial charge in [-0.2, -0.15) is 26.3 Å². The maximum absolute atomic E-state index is 13.0. The predicted molar refractivity (Wildman–Crippen MR) is 113 cm³/mol. The third-order valence-electron chi connectivity index (χ3n) is 5.76. The van der Waals surface area contributed by atoms with Crippen LogP contribution < -0.4 is 0 Å². The Morgan fingerprint density at radius 3 is 1.97 bits per heavy atom. The highest BCUT2D eigenvalue weighted by Crippen LogP contribution is 2.26. The number of benzene rings is 1. The molecule has 0 spiro atoms. The van der Waals surface area contributed by atoms with Crippen LogP contribution in [0.25, 0.3) is 0 Å². The molecule has 0 amide bonds. The lowest BCUT2D eigenvalue weighted by Crippen LogP contribution is -2.52. The van der Waals surface area contributed by atoms with Gasteiger partial charge < -0.3 is 19.7 Å². The van der Waals surface area contributed by atoms with Gasteiger partial charge in [-0.1, -0.05) is 12.1 Å². The molecule has 3 aliphatic rings. The minimum absolute atomic E-state index is 0.171. The number of ether oxygens (including phenoxy) is 2. The second kappa shape index (κ2) is 13.3. The van der Waals surface area contributed by atoms with E-state index < -0.39 is 24.3 Å². The molecule has 0 bridgehead atoms. The van der Waals surface area contributed by atoms with Crippen LogP contribution in [0.1, 0.15) is 18.4 Å². The first-order valence-corrected chi connectivity index (χ1v) is 11.2. The van der Waals surface area contributed by atoms with Crippen LogP contribution in [-0.2, 0) is 25.6 Å². The topological polar surface area (TPSA) is 99.5 Å². The van der Waals surface area contributed by atoms with Crippen molar-refractivity contribution in [3.05, 3.63) is 35.6 Å². The monoisotopic (exact) mass is 548 g/mol. The van der Waals surface area contributed by atoms with E-state index in [-0.39, 0.29) is 5.82 Å². The van der Waals surface area contributed by atoms with Crippen LogP contribution in [-0.4, -0.2) is 102 Å². The number of rotatable bonds is 4. The second-order valence-electron chi connectivity index (χ2n) is 8.53. The fourth-order valence-electron chi connectivity index (χ4n) is 4.09. The van der Waals surface area contributed by atoms with E-state index in [0.29, 0.717) is 18.2 Å². The summed E-state index contributed by atoms with van der Waals surface area (Å²) in [5, 5.41) is 14.2. The summed E-state index contributed by atoms with van der Waals surface area (Å²) in [6.45, 7) is 6.63. The Morgan fingerprint density at radius 1 is 0.919 bits per heavy atom. The van der Waals surface area contributed by atoms with Crippen LogP contribution in [0.4, 0.5) is 30.7 Å². The van der Waals surface area contributed by atoms with Gasteiger partial charge in [-0.25, -0.2) is 14.0 Å². The van der Waals surface area contributed by atoms with Crippen LogP contribution in [0.3, 0.4) is 0 Å². The Kier molecular flexibility index (Phi) is 11.1. The number of carboxylic acids is 2. The Hall–Kier alpha value is -2.49. The maximum atomic E-state index is 13.0. The van der Waals surface area contributed by atoms with Crippen LogP contribution in [0.2, 0.25) is 0 Å². The summed E-state index contributed by atoms with van der Waals surface area (Å²) < 4.78 is 88.3. The number of morpholine rings is 1. The molecule has 210 valence electrons. The molecule has 3 heterocycles. The lowest BCUT2D eigenvalue weighted by molar-refractivity contribution is -0.193. The van der Waals surface area contributed by atoms with Crippen molar-refractivity contribution >= 4 is 11.9 Å². The van der Waals surface area contributed by atoms with E-state index in [9.17, 15) is 30.7 Å². The molecule has 2 N–H and O–H groups in total. The predicted octanol–water partition coefficient (Wildman–Crippen LogP) is 3.16. The highest BCUT2D eigenvalue weighted by atomic mass is 19.4. The number of hydrogen-bond donors (Lipinski definition) is 2. The largest absolute Gasteiger partial charge is 0.490 e. The number of carboxylic acid groups (broad SMARTS) is 2. The summed E-state index contributed by atoms with van der Waals surface area (Å²) in [6, 6.07) is 7.30. The number of hydrogen-bond acceptors (Lipinski definition) is 6. The number of halogens is 7. The zero-order valence-corrected chi connectivity index (χ0v) is 19.5. The third kappa shape index (κ3) is 10.4. The number of nitrogens with zero attached hydrogens (tertiary/aromatic N) is 2. The van der Waals surface area contributed by atoms with Gasteiger partial charge in [-0.3, -0.25) is 9.80 Å². The van der Waals surface area contributed by atoms with Crippen LogP contribution >= 0.6 is 0 Å². The molecular weight excluding hydrogens is 521 g/mol. The minimum atomic E-state index is -5.08. The zero-order chi connectivity index (χ0) is 27.8. The van der Waals surface area contributed by atoms with Gasteiger partial charge in [0.05, 0.1) is 18.8 Å². The Morgan fingerprint density at radius 2 is 1.49 bits per heavy atom. The van der Waals surface area contributed by atoms with E-state index in [0.717, 1.165) is 51.5 Å². The molecule has 0 radical (unpaired) electrons. The summed E-state index contributed by atoms with van der Waals surface area (Å²) >= 11 is 0. The van der Waals surface area contributed by atoms with Crippen molar-refractivity contribution in [2.45, 2.75) is 50.0 Å². The summed E-state index contributed by atoms with van der Waals surface area (Å²) in [6.07, 6.45) is -7.08. The normalized spacial score (nSPS) is 24.4. The van der Waals surface area contributed by atoms with Gasteiger partial charge >= 0.3 is 24.3 Å². The molecule has 3 saturated heterocycles. The van der Waals surface area contributed by atoms with E-state index >= 15 is 0 Å². The average molecular weight is 548 g/mol. The Labute approximate surface area is 207 Å². The number of fused-ring (bicyclic) bond motifs is 1. The van der Waals surface area contributed by atoms with Gasteiger partial charge in [0.15, 0.2) is 0 Å². The molecule has 8 nitrogen and oxygen atoms in total. The SMILES string of the molecule is Fc1ccc(CN2C[C@@H]3OCCN(CC4CCCO4)[C@@H]3C2)cc1.O=C(O)C(F)(F)F.O=C(O)C(F)(F)F. The highest BCUT2D eigenvalue weighted by Gasteiger charge is 2.41. The van der Waals surface area contributed by atoms with E-state index in [1.54, 1.807) is 12.1 Å². The van der Waals surface area contributed by atoms with E-state index in [2.05, 4.69) is 9.80 Å². The molecule has 4 rings (SSSR count). The van der Waals surface area contributed by atoms with Gasteiger partial charge in [0.25, 0.3) is 0 Å². The lowest BCUT2D eigenvalue weighted by atomic mass is 10.1. The van der Waals surface area contributed by atoms with Crippen molar-refractivity contribution in [2.75, 3.05) is 39.4 Å². The number of likely N-dealkylation sites (tertiary alicyclic amines) is 1. The lowest BCUT2D eigenvalue weighted by Gasteiger charge is -2.38. The van der Waals surface area contributed by atoms with Crippen molar-refractivity contribution in [2.24, 2.45) is 0 Å². The molecular formula is C22H27F7N2O6. The fraction of sp³-hybridized carbons (Fsp3) is 0.636. The van der Waals surface area contributed by atoms with Crippen molar-refractivity contribution in [1.29, 1.82) is 0 Å². The smallest absolute Gasteiger partial charge is 0.475 e. The van der Waals surface area contributed by atoms with Gasteiger partial charge in [-0.05, 0) is 30.5 Å². The molecule has 3 atom stereocenters. The van der Waals surface area contributed by atoms with E-state index in [1.807, 2.05) is 12.1 Å². The average Bonchev–Trinajstić information content (AvgIpc) is 3.45. The summed E-state index contributed by atoms with van der Waals surface area (Å²) in [4.78, 5) is 22.8. The maximum Gasteiger partial charge on any atom is 0.490 e. The fourth-order valence-corrected chi connectivity index (χ4v) is 4.09. The first-order valence-electron chi connectivity index (χ1n) is 11.2. The summed E-state index contributed by atoms with van der Waals surface area (Å²) in [7, 11) is 0. The molecule has 1 unspecified atom stereocenters. The number of carbonyl (C=O) groups is 2. The van der Waals surface area contributed by atoms with Crippen molar-refractivity contribution in [3.8, 4) is 0 Å². The molecule has 15 heteroatoms. The van der Waals surface area contributed by atoms with Gasteiger partial charge in [-0.15, -0.1) is 0 Å². The standard InChI is InChI=1S/C18H25FN2O2.2C2HF3O2/c19-15-5-3-14(4-6-15)10-20-12-17-18(13-20)23-9-7-21(17)11-16-2-1-8-22-16;2*3-2(4,5)1(6)7/h3-6,16-18H,1-2,7-13H2;2*(H,6,7)/t16?,17-,18+;;/m1../s1. The summed E-state index contributed by atoms with van der Waals surface area (Å²) in [5.74, 6) is -5.69. The third-order valence-corrected chi connectivity index (χ3v) is 5.76. The summed E-state index contributed by atoms with van der Waals surface area (Å²) in [5.41, 5.74) is 1.16. The molecule has 0 aliphatic carbocycles. The molecule has 0 saturated carbocycles. The van der Waals surface area contributed by atoms with Crippen LogP contribution in [0, 0.1) is 5.82 Å². The van der Waals surface area contributed by atoms with E-state index in [1.165, 1.54) is 12.8 Å². The first-order chi connectivity index (χ1) is 17.2. The van der Waals surface area contributed by atoms with Crippen molar-refractivity contribution in [3.63, 3.8) is 0 Å². The minimum Gasteiger partial charge on any atom is -0.475 e. The second-order valence-corrected chi connectivity index (χ2v) is 8.53. The molecule has 1 aromatic carbocycles. The van der Waals surface area contributed by atoms with Crippen molar-refractivity contribution in [1.82, 2.24) is 9.80 Å². The molecule has 3 aliphatic heterocycles. The number of aliphatic carboxylic acids is 2. The Balaban J connectivity index is 0.000000286. The van der Waals surface area contributed by atoms with Gasteiger partial charge in [0.2, 0.25) is 0 Å². The first kappa shape index (κ1) is 30.7. The van der Waals surface area contributed by atoms with Crippen LogP contribution in [0.15, 0.2) is 24.3 Å². The molecule has 37 heavy (non-hydrogen) atoms.